The Labute approximate surface area is 98.9 Å². The third-order valence-electron chi connectivity index (χ3n) is 2.33. The maximum Gasteiger partial charge on any atom is 0.407 e. The lowest BCUT2D eigenvalue weighted by Crippen LogP contribution is -2.41. The van der Waals surface area contributed by atoms with Crippen LogP contribution in [0.5, 0.6) is 0 Å². The van der Waals surface area contributed by atoms with Crippen molar-refractivity contribution in [3.8, 4) is 0 Å². The van der Waals surface area contributed by atoms with Crippen LogP contribution in [0.2, 0.25) is 0 Å². The van der Waals surface area contributed by atoms with Crippen LogP contribution in [0, 0.1) is 0 Å². The maximum atomic E-state index is 11.5. The molecule has 0 fully saturated rings. The molecule has 0 aromatic carbocycles. The van der Waals surface area contributed by atoms with Crippen LogP contribution in [0.25, 0.3) is 0 Å². The zero-order chi connectivity index (χ0) is 12.8. The molecule has 0 aliphatic carbocycles. The molecule has 0 aromatic rings. The highest BCUT2D eigenvalue weighted by molar-refractivity contribution is 5.68. The van der Waals surface area contributed by atoms with E-state index in [1.54, 1.807) is 0 Å². The normalized spacial score (nSPS) is 15.4. The van der Waals surface area contributed by atoms with Gasteiger partial charge in [-0.25, -0.2) is 4.79 Å². The molecule has 0 radical (unpaired) electrons. The van der Waals surface area contributed by atoms with Crippen molar-refractivity contribution in [2.24, 2.45) is 5.73 Å². The molecule has 0 unspecified atom stereocenters. The molecule has 0 saturated heterocycles. The van der Waals surface area contributed by atoms with Gasteiger partial charge in [0.15, 0.2) is 0 Å². The maximum absolute atomic E-state index is 11.5. The lowest BCUT2D eigenvalue weighted by molar-refractivity contribution is 0.0498. The molecular weight excluding hydrogens is 204 g/mol. The fourth-order valence-corrected chi connectivity index (χ4v) is 1.33. The number of hydrogen-bond acceptors (Lipinski definition) is 3. The fourth-order valence-electron chi connectivity index (χ4n) is 1.33. The van der Waals surface area contributed by atoms with Gasteiger partial charge in [-0.3, -0.25) is 0 Å². The molecule has 4 nitrogen and oxygen atoms in total. The third-order valence-corrected chi connectivity index (χ3v) is 2.33. The summed E-state index contributed by atoms with van der Waals surface area (Å²) in [5, 5.41) is 2.85. The van der Waals surface area contributed by atoms with Gasteiger partial charge in [0.05, 0.1) is 0 Å². The molecule has 3 N–H and O–H groups in total. The van der Waals surface area contributed by atoms with Gasteiger partial charge in [0.1, 0.15) is 5.60 Å². The highest BCUT2D eigenvalue weighted by Crippen LogP contribution is 2.09. The second-order valence-electron chi connectivity index (χ2n) is 5.16. The van der Waals surface area contributed by atoms with Crippen LogP contribution in [-0.4, -0.2) is 23.8 Å². The van der Waals surface area contributed by atoms with Crippen molar-refractivity contribution in [1.82, 2.24) is 5.32 Å². The molecular formula is C12H26N2O2. The van der Waals surface area contributed by atoms with E-state index in [9.17, 15) is 4.79 Å². The lowest BCUT2D eigenvalue weighted by Gasteiger charge is -2.24. The van der Waals surface area contributed by atoms with Gasteiger partial charge < -0.3 is 15.8 Å². The van der Waals surface area contributed by atoms with Crippen molar-refractivity contribution in [1.29, 1.82) is 0 Å². The van der Waals surface area contributed by atoms with Crippen molar-refractivity contribution < 1.29 is 9.53 Å². The number of nitrogens with one attached hydrogen (secondary N) is 1. The first-order valence-corrected chi connectivity index (χ1v) is 6.03. The van der Waals surface area contributed by atoms with Crippen molar-refractivity contribution >= 4 is 6.09 Å². The summed E-state index contributed by atoms with van der Waals surface area (Å²) in [4.78, 5) is 11.5. The van der Waals surface area contributed by atoms with Gasteiger partial charge in [-0.1, -0.05) is 13.8 Å². The summed E-state index contributed by atoms with van der Waals surface area (Å²) in [5.41, 5.74) is 5.41. The smallest absolute Gasteiger partial charge is 0.407 e. The SMILES string of the molecule is CC[C@H](N)C[C@@H](CC)NC(=O)OC(C)(C)C. The number of ether oxygens (including phenoxy) is 1. The topological polar surface area (TPSA) is 64.3 Å². The zero-order valence-corrected chi connectivity index (χ0v) is 11.2. The molecule has 2 atom stereocenters. The van der Waals surface area contributed by atoms with E-state index in [1.165, 1.54) is 0 Å². The minimum Gasteiger partial charge on any atom is -0.444 e. The Morgan fingerprint density at radius 3 is 2.25 bits per heavy atom. The number of carbonyl (C=O) groups is 1. The monoisotopic (exact) mass is 230 g/mol. The Morgan fingerprint density at radius 2 is 1.88 bits per heavy atom. The van der Waals surface area contributed by atoms with Crippen molar-refractivity contribution in [3.05, 3.63) is 0 Å². The first kappa shape index (κ1) is 15.2. The molecule has 0 aliphatic rings. The number of carbonyl (C=O) groups excluding carboxylic acids is 1. The predicted octanol–water partition coefficient (Wildman–Crippen LogP) is 2.42. The summed E-state index contributed by atoms with van der Waals surface area (Å²) in [7, 11) is 0. The van der Waals surface area contributed by atoms with Crippen molar-refractivity contribution in [2.45, 2.75) is 71.6 Å². The number of amides is 1. The van der Waals surface area contributed by atoms with Gasteiger partial charge in [0.25, 0.3) is 0 Å². The average molecular weight is 230 g/mol. The molecule has 16 heavy (non-hydrogen) atoms. The first-order chi connectivity index (χ1) is 7.28. The largest absolute Gasteiger partial charge is 0.444 e. The molecule has 0 spiro atoms. The number of hydrogen-bond donors (Lipinski definition) is 2. The molecule has 96 valence electrons. The molecule has 0 bridgehead atoms. The van der Waals surface area contributed by atoms with Gasteiger partial charge in [0, 0.05) is 12.1 Å². The van der Waals surface area contributed by atoms with Gasteiger partial charge in [-0.15, -0.1) is 0 Å². The molecule has 0 heterocycles. The summed E-state index contributed by atoms with van der Waals surface area (Å²) in [6.45, 7) is 9.64. The van der Waals surface area contributed by atoms with Crippen LogP contribution < -0.4 is 11.1 Å². The summed E-state index contributed by atoms with van der Waals surface area (Å²) in [5.74, 6) is 0. The quantitative estimate of drug-likeness (QED) is 0.762. The predicted molar refractivity (Wildman–Crippen MR) is 66.3 cm³/mol. The van der Waals surface area contributed by atoms with E-state index in [4.69, 9.17) is 10.5 Å². The molecule has 0 rings (SSSR count). The van der Waals surface area contributed by atoms with Crippen LogP contribution in [0.3, 0.4) is 0 Å². The Balaban J connectivity index is 4.07. The second kappa shape index (κ2) is 6.74. The second-order valence-corrected chi connectivity index (χ2v) is 5.16. The molecule has 0 aromatic heterocycles. The lowest BCUT2D eigenvalue weighted by atomic mass is 10.0. The van der Waals surface area contributed by atoms with E-state index >= 15 is 0 Å². The van der Waals surface area contributed by atoms with Gasteiger partial charge in [0.2, 0.25) is 0 Å². The third kappa shape index (κ3) is 7.51. The van der Waals surface area contributed by atoms with Crippen LogP contribution in [-0.2, 0) is 4.74 Å². The van der Waals surface area contributed by atoms with E-state index in [0.717, 1.165) is 19.3 Å². The van der Waals surface area contributed by atoms with E-state index < -0.39 is 5.60 Å². The van der Waals surface area contributed by atoms with Gasteiger partial charge in [-0.2, -0.15) is 0 Å². The van der Waals surface area contributed by atoms with E-state index in [1.807, 2.05) is 34.6 Å². The van der Waals surface area contributed by atoms with Gasteiger partial charge in [-0.05, 0) is 40.0 Å². The highest BCUT2D eigenvalue weighted by atomic mass is 16.6. The highest BCUT2D eigenvalue weighted by Gasteiger charge is 2.19. The minimum atomic E-state index is -0.449. The molecule has 0 aliphatic heterocycles. The fraction of sp³-hybridized carbons (Fsp3) is 0.917. The molecule has 1 amide bonds. The summed E-state index contributed by atoms with van der Waals surface area (Å²) >= 11 is 0. The standard InChI is InChI=1S/C12H26N2O2/c1-6-9(13)8-10(7-2)14-11(15)16-12(3,4)5/h9-10H,6-8,13H2,1-5H3,(H,14,15)/t9-,10+/m0/s1. The number of nitrogens with two attached hydrogens (primary N) is 1. The van der Waals surface area contributed by atoms with Crippen molar-refractivity contribution in [2.75, 3.05) is 0 Å². The van der Waals surface area contributed by atoms with Crippen LogP contribution in [0.15, 0.2) is 0 Å². The molecule has 0 saturated carbocycles. The molecule has 4 heteroatoms. The van der Waals surface area contributed by atoms with Crippen LogP contribution in [0.1, 0.15) is 53.9 Å². The Kier molecular flexibility index (Phi) is 6.41. The van der Waals surface area contributed by atoms with Crippen LogP contribution >= 0.6 is 0 Å². The number of alkyl carbamates (subject to hydrolysis) is 1. The van der Waals surface area contributed by atoms with Crippen molar-refractivity contribution in [3.63, 3.8) is 0 Å². The van der Waals surface area contributed by atoms with E-state index in [0.29, 0.717) is 0 Å². The Morgan fingerprint density at radius 1 is 1.31 bits per heavy atom. The minimum absolute atomic E-state index is 0.102. The Hall–Kier alpha value is -0.770. The van der Waals surface area contributed by atoms with E-state index in [2.05, 4.69) is 5.32 Å². The average Bonchev–Trinajstić information content (AvgIpc) is 2.13. The summed E-state index contributed by atoms with van der Waals surface area (Å²) < 4.78 is 5.19. The number of rotatable bonds is 5. The van der Waals surface area contributed by atoms with E-state index in [-0.39, 0.29) is 18.2 Å². The Bertz CT molecular complexity index is 212. The first-order valence-electron chi connectivity index (χ1n) is 6.03. The summed E-state index contributed by atoms with van der Waals surface area (Å²) in [6, 6.07) is 0.240. The van der Waals surface area contributed by atoms with Gasteiger partial charge >= 0.3 is 6.09 Å². The summed E-state index contributed by atoms with van der Waals surface area (Å²) in [6.07, 6.45) is 2.23. The zero-order valence-electron chi connectivity index (χ0n) is 11.2. The van der Waals surface area contributed by atoms with Crippen LogP contribution in [0.4, 0.5) is 4.79 Å².